The third-order valence-electron chi connectivity index (χ3n) is 3.59. The second kappa shape index (κ2) is 5.05. The van der Waals surface area contributed by atoms with Crippen LogP contribution in [0.1, 0.15) is 0 Å². The van der Waals surface area contributed by atoms with E-state index in [-0.39, 0.29) is 5.82 Å². The van der Waals surface area contributed by atoms with E-state index < -0.39 is 0 Å². The first-order chi connectivity index (χ1) is 9.25. The topological polar surface area (TPSA) is 19.6 Å². The number of hydrogen-bond acceptors (Lipinski definition) is 3. The molecule has 100 valence electrons. The summed E-state index contributed by atoms with van der Waals surface area (Å²) in [6.07, 6.45) is 1.62. The Hall–Kier alpha value is -1.81. The molecule has 1 aromatic heterocycles. The molecule has 0 radical (unpaired) electrons. The number of para-hydroxylation sites is 1. The smallest absolute Gasteiger partial charge is 0.147 e. The van der Waals surface area contributed by atoms with Gasteiger partial charge in [-0.15, -0.1) is 0 Å². The van der Waals surface area contributed by atoms with Gasteiger partial charge in [0.1, 0.15) is 11.6 Å². The summed E-state index contributed by atoms with van der Waals surface area (Å²) in [5.74, 6) is 0.534. The lowest BCUT2D eigenvalue weighted by Gasteiger charge is -2.35. The molecule has 0 N–H and O–H groups in total. The molecule has 0 saturated carbocycles. The average Bonchev–Trinajstić information content (AvgIpc) is 2.94. The molecular formula is C15H17FN2O. The Morgan fingerprint density at radius 1 is 1.05 bits per heavy atom. The lowest BCUT2D eigenvalue weighted by molar-refractivity contribution is 0.312. The Morgan fingerprint density at radius 2 is 1.84 bits per heavy atom. The molecular weight excluding hydrogens is 243 g/mol. The van der Waals surface area contributed by atoms with Crippen molar-refractivity contribution in [1.29, 1.82) is 0 Å². The summed E-state index contributed by atoms with van der Waals surface area (Å²) in [4.78, 5) is 4.36. The molecule has 1 aliphatic heterocycles. The van der Waals surface area contributed by atoms with E-state index in [0.29, 0.717) is 11.4 Å². The Morgan fingerprint density at radius 3 is 2.53 bits per heavy atom. The number of piperazine rings is 1. The van der Waals surface area contributed by atoms with Crippen molar-refractivity contribution >= 4 is 5.69 Å². The number of anilines is 1. The zero-order valence-electron chi connectivity index (χ0n) is 11.0. The first kappa shape index (κ1) is 12.2. The van der Waals surface area contributed by atoms with Crippen LogP contribution in [-0.2, 0) is 0 Å². The van der Waals surface area contributed by atoms with Crippen molar-refractivity contribution in [3.05, 3.63) is 42.4 Å². The normalized spacial score (nSPS) is 16.8. The fourth-order valence-corrected chi connectivity index (χ4v) is 2.50. The highest BCUT2D eigenvalue weighted by atomic mass is 19.1. The third-order valence-corrected chi connectivity index (χ3v) is 3.59. The van der Waals surface area contributed by atoms with Crippen LogP contribution in [0, 0.1) is 5.82 Å². The number of rotatable bonds is 2. The molecule has 19 heavy (non-hydrogen) atoms. The summed E-state index contributed by atoms with van der Waals surface area (Å²) in [6, 6.07) is 8.85. The lowest BCUT2D eigenvalue weighted by Crippen LogP contribution is -2.45. The van der Waals surface area contributed by atoms with E-state index in [1.165, 1.54) is 6.07 Å². The number of nitrogens with zero attached hydrogens (tertiary/aromatic N) is 2. The van der Waals surface area contributed by atoms with Gasteiger partial charge < -0.3 is 14.2 Å². The molecule has 1 saturated heterocycles. The van der Waals surface area contributed by atoms with Crippen molar-refractivity contribution in [1.82, 2.24) is 4.90 Å². The minimum Gasteiger partial charge on any atom is -0.464 e. The predicted molar refractivity (Wildman–Crippen MR) is 73.8 cm³/mol. The number of likely N-dealkylation sites (N-methyl/N-ethyl adjacent to an activating group) is 1. The van der Waals surface area contributed by atoms with Crippen molar-refractivity contribution in [3.8, 4) is 11.3 Å². The quantitative estimate of drug-likeness (QED) is 0.828. The average molecular weight is 260 g/mol. The van der Waals surface area contributed by atoms with Gasteiger partial charge in [0.25, 0.3) is 0 Å². The molecule has 4 heteroatoms. The molecule has 2 heterocycles. The van der Waals surface area contributed by atoms with Crippen molar-refractivity contribution < 1.29 is 8.81 Å². The maximum atomic E-state index is 14.2. The highest BCUT2D eigenvalue weighted by Crippen LogP contribution is 2.33. The van der Waals surface area contributed by atoms with Gasteiger partial charge in [-0.05, 0) is 31.3 Å². The van der Waals surface area contributed by atoms with Gasteiger partial charge in [-0.1, -0.05) is 6.07 Å². The van der Waals surface area contributed by atoms with Crippen LogP contribution in [-0.4, -0.2) is 38.1 Å². The van der Waals surface area contributed by atoms with Crippen LogP contribution in [0.2, 0.25) is 0 Å². The molecule has 0 aliphatic carbocycles. The Balaban J connectivity index is 2.00. The Labute approximate surface area is 112 Å². The monoisotopic (exact) mass is 260 g/mol. The number of halogens is 1. The largest absolute Gasteiger partial charge is 0.464 e. The zero-order chi connectivity index (χ0) is 13.2. The van der Waals surface area contributed by atoms with Gasteiger partial charge in [-0.25, -0.2) is 4.39 Å². The van der Waals surface area contributed by atoms with E-state index >= 15 is 0 Å². The summed E-state index contributed by atoms with van der Waals surface area (Å²) >= 11 is 0. The summed E-state index contributed by atoms with van der Waals surface area (Å²) < 4.78 is 19.7. The number of hydrogen-bond donors (Lipinski definition) is 0. The first-order valence-electron chi connectivity index (χ1n) is 6.51. The Bertz CT molecular complexity index is 545. The number of furan rings is 1. The molecule has 1 fully saturated rings. The maximum Gasteiger partial charge on any atom is 0.147 e. The van der Waals surface area contributed by atoms with E-state index in [2.05, 4.69) is 16.8 Å². The van der Waals surface area contributed by atoms with Crippen molar-refractivity contribution in [2.75, 3.05) is 38.1 Å². The Kier molecular flexibility index (Phi) is 3.25. The molecule has 3 rings (SSSR count). The van der Waals surface area contributed by atoms with E-state index in [0.717, 1.165) is 31.7 Å². The summed E-state index contributed by atoms with van der Waals surface area (Å²) in [6.45, 7) is 3.58. The van der Waals surface area contributed by atoms with Gasteiger partial charge in [0.15, 0.2) is 0 Å². The van der Waals surface area contributed by atoms with E-state index in [9.17, 15) is 4.39 Å². The van der Waals surface area contributed by atoms with Gasteiger partial charge in [-0.3, -0.25) is 0 Å². The third kappa shape index (κ3) is 2.36. The van der Waals surface area contributed by atoms with Crippen LogP contribution in [0.4, 0.5) is 10.1 Å². The minimum absolute atomic E-state index is 0.182. The molecule has 3 nitrogen and oxygen atoms in total. The molecule has 1 aromatic carbocycles. The van der Waals surface area contributed by atoms with Crippen molar-refractivity contribution in [3.63, 3.8) is 0 Å². The van der Waals surface area contributed by atoms with E-state index in [4.69, 9.17) is 4.42 Å². The van der Waals surface area contributed by atoms with Gasteiger partial charge in [0.2, 0.25) is 0 Å². The molecule has 0 unspecified atom stereocenters. The SMILES string of the molecule is CN1CCN(c2c(F)cccc2-c2ccco2)CC1. The van der Waals surface area contributed by atoms with Crippen LogP contribution in [0.3, 0.4) is 0 Å². The highest BCUT2D eigenvalue weighted by molar-refractivity contribution is 5.76. The van der Waals surface area contributed by atoms with Crippen LogP contribution in [0.15, 0.2) is 41.0 Å². The second-order valence-corrected chi connectivity index (χ2v) is 4.90. The van der Waals surface area contributed by atoms with E-state index in [1.807, 2.05) is 18.2 Å². The second-order valence-electron chi connectivity index (χ2n) is 4.90. The van der Waals surface area contributed by atoms with Gasteiger partial charge in [0, 0.05) is 31.7 Å². The molecule has 1 aliphatic rings. The molecule has 0 amide bonds. The van der Waals surface area contributed by atoms with Gasteiger partial charge in [-0.2, -0.15) is 0 Å². The van der Waals surface area contributed by atoms with Crippen LogP contribution < -0.4 is 4.90 Å². The lowest BCUT2D eigenvalue weighted by atomic mass is 10.1. The van der Waals surface area contributed by atoms with Crippen LogP contribution in [0.25, 0.3) is 11.3 Å². The maximum absolute atomic E-state index is 14.2. The van der Waals surface area contributed by atoms with Crippen LogP contribution in [0.5, 0.6) is 0 Å². The van der Waals surface area contributed by atoms with Gasteiger partial charge in [0.05, 0.1) is 12.0 Å². The van der Waals surface area contributed by atoms with Crippen LogP contribution >= 0.6 is 0 Å². The number of benzene rings is 1. The molecule has 2 aromatic rings. The molecule has 0 spiro atoms. The fourth-order valence-electron chi connectivity index (χ4n) is 2.50. The fraction of sp³-hybridized carbons (Fsp3) is 0.333. The van der Waals surface area contributed by atoms with Crippen molar-refractivity contribution in [2.24, 2.45) is 0 Å². The highest BCUT2D eigenvalue weighted by Gasteiger charge is 2.21. The van der Waals surface area contributed by atoms with Gasteiger partial charge >= 0.3 is 0 Å². The summed E-state index contributed by atoms with van der Waals surface area (Å²) in [7, 11) is 2.09. The van der Waals surface area contributed by atoms with Crippen molar-refractivity contribution in [2.45, 2.75) is 0 Å². The first-order valence-corrected chi connectivity index (χ1v) is 6.51. The molecule has 0 bridgehead atoms. The van der Waals surface area contributed by atoms with E-state index in [1.54, 1.807) is 12.3 Å². The summed E-state index contributed by atoms with van der Waals surface area (Å²) in [5, 5.41) is 0. The predicted octanol–water partition coefficient (Wildman–Crippen LogP) is 2.84. The standard InChI is InChI=1S/C15H17FN2O/c1-17-7-9-18(10-8-17)15-12(4-2-5-13(15)16)14-6-3-11-19-14/h2-6,11H,7-10H2,1H3. The zero-order valence-corrected chi connectivity index (χ0v) is 11.0. The minimum atomic E-state index is -0.182. The summed E-state index contributed by atoms with van der Waals surface area (Å²) in [5.41, 5.74) is 1.49. The molecule has 0 atom stereocenters.